The molecule has 152 valence electrons. The van der Waals surface area contributed by atoms with E-state index >= 15 is 0 Å². The van der Waals surface area contributed by atoms with Crippen LogP contribution in [0.3, 0.4) is 0 Å². The van der Waals surface area contributed by atoms with Gasteiger partial charge in [-0.2, -0.15) is 26.7 Å². The third-order valence-corrected chi connectivity index (χ3v) is 4.80. The highest BCUT2D eigenvalue weighted by atomic mass is 35.5. The van der Waals surface area contributed by atoms with E-state index in [0.29, 0.717) is 9.70 Å². The third kappa shape index (κ3) is 4.57. The van der Waals surface area contributed by atoms with Gasteiger partial charge >= 0.3 is 16.4 Å². The maximum absolute atomic E-state index is 13.6. The van der Waals surface area contributed by atoms with Gasteiger partial charge < -0.3 is 5.32 Å². The number of halogens is 5. The molecule has 1 amide bonds. The Hall–Kier alpha value is -2.92. The van der Waals surface area contributed by atoms with Crippen molar-refractivity contribution in [1.82, 2.24) is 9.78 Å². The van der Waals surface area contributed by atoms with E-state index in [1.165, 1.54) is 30.3 Å². The number of aromatic nitrogens is 2. The summed E-state index contributed by atoms with van der Waals surface area (Å²) in [4.78, 5) is 11.7. The molecule has 0 radical (unpaired) electrons. The lowest BCUT2D eigenvalue weighted by Gasteiger charge is -2.13. The van der Waals surface area contributed by atoms with Crippen molar-refractivity contribution in [3.63, 3.8) is 0 Å². The lowest BCUT2D eigenvalue weighted by molar-refractivity contribution is -0.143. The first-order valence-electron chi connectivity index (χ1n) is 7.74. The van der Waals surface area contributed by atoms with Crippen LogP contribution >= 0.6 is 11.6 Å². The van der Waals surface area contributed by atoms with Gasteiger partial charge in [0.2, 0.25) is 0 Å². The van der Waals surface area contributed by atoms with Gasteiger partial charge in [-0.1, -0.05) is 17.7 Å². The molecule has 2 aromatic carbocycles. The van der Waals surface area contributed by atoms with Gasteiger partial charge in [0.25, 0.3) is 5.91 Å². The van der Waals surface area contributed by atoms with Gasteiger partial charge in [-0.05, 0) is 42.5 Å². The minimum atomic E-state index is -5.05. The summed E-state index contributed by atoms with van der Waals surface area (Å²) in [6.07, 6.45) is -4.21. The molecule has 3 aromatic rings. The molecule has 0 atom stereocenters. The van der Waals surface area contributed by atoms with E-state index in [-0.39, 0.29) is 11.4 Å². The van der Waals surface area contributed by atoms with E-state index in [0.717, 1.165) is 24.4 Å². The zero-order valence-corrected chi connectivity index (χ0v) is 15.7. The second kappa shape index (κ2) is 7.48. The fraction of sp³-hybridized carbons (Fsp3) is 0.0588. The number of hydrogen-bond donors (Lipinski definition) is 1. The van der Waals surface area contributed by atoms with E-state index in [1.54, 1.807) is 0 Å². The molecule has 0 aliphatic heterocycles. The molecule has 1 aromatic heterocycles. The molecule has 1 N–H and O–H groups in total. The molecule has 0 spiro atoms. The van der Waals surface area contributed by atoms with Crippen molar-refractivity contribution in [2.75, 3.05) is 5.32 Å². The Labute approximate surface area is 166 Å². The molecule has 6 nitrogen and oxygen atoms in total. The number of carbonyl (C=O) groups is 1. The number of amides is 1. The molecule has 0 fully saturated rings. The topological polar surface area (TPSA) is 81.1 Å². The molecule has 0 saturated heterocycles. The summed E-state index contributed by atoms with van der Waals surface area (Å²) in [5.74, 6) is -1.20. The fourth-order valence-electron chi connectivity index (χ4n) is 2.49. The van der Waals surface area contributed by atoms with Gasteiger partial charge in [0, 0.05) is 10.7 Å². The van der Waals surface area contributed by atoms with Crippen LogP contribution in [0.25, 0.3) is 5.69 Å². The van der Waals surface area contributed by atoms with Gasteiger partial charge in [-0.25, -0.2) is 4.68 Å². The summed E-state index contributed by atoms with van der Waals surface area (Å²) < 4.78 is 76.4. The number of benzene rings is 2. The third-order valence-electron chi connectivity index (χ3n) is 3.73. The first-order valence-corrected chi connectivity index (χ1v) is 9.50. The van der Waals surface area contributed by atoms with E-state index in [9.17, 15) is 30.3 Å². The predicted molar refractivity (Wildman–Crippen MR) is 96.3 cm³/mol. The maximum Gasteiger partial charge on any atom is 0.434 e. The maximum atomic E-state index is 13.6. The highest BCUT2D eigenvalue weighted by Gasteiger charge is 2.40. The standard InChI is InChI=1S/C17H10ClF4N3O3S/c18-10-4-6-12(7-5-10)25-15(17(19,20)21)14(9-23-25)16(26)24-11-2-1-3-13(8-11)29(22,27)28/h1-9H,(H,24,26). The van der Waals surface area contributed by atoms with Crippen LogP contribution < -0.4 is 5.32 Å². The summed E-state index contributed by atoms with van der Waals surface area (Å²) >= 11 is 5.73. The first kappa shape index (κ1) is 20.8. The van der Waals surface area contributed by atoms with Crippen molar-refractivity contribution >= 4 is 33.4 Å². The number of carbonyl (C=O) groups excluding carboxylic acids is 1. The zero-order chi connectivity index (χ0) is 21.4. The van der Waals surface area contributed by atoms with Crippen molar-refractivity contribution in [1.29, 1.82) is 0 Å². The Balaban J connectivity index is 2.01. The Kier molecular flexibility index (Phi) is 5.37. The van der Waals surface area contributed by atoms with Crippen LogP contribution in [0.1, 0.15) is 16.1 Å². The lowest BCUT2D eigenvalue weighted by atomic mass is 10.2. The summed E-state index contributed by atoms with van der Waals surface area (Å²) in [6, 6.07) is 9.36. The highest BCUT2D eigenvalue weighted by molar-refractivity contribution is 7.86. The largest absolute Gasteiger partial charge is 0.434 e. The number of nitrogens with one attached hydrogen (secondary N) is 1. The molecule has 0 saturated carbocycles. The summed E-state index contributed by atoms with van der Waals surface area (Å²) in [7, 11) is -5.05. The minimum Gasteiger partial charge on any atom is -0.322 e. The summed E-state index contributed by atoms with van der Waals surface area (Å²) in [5.41, 5.74) is -2.33. The van der Waals surface area contributed by atoms with E-state index < -0.39 is 38.5 Å². The molecule has 0 aliphatic carbocycles. The normalized spacial score (nSPS) is 12.0. The highest BCUT2D eigenvalue weighted by Crippen LogP contribution is 2.34. The van der Waals surface area contributed by atoms with Crippen molar-refractivity contribution in [2.45, 2.75) is 11.1 Å². The van der Waals surface area contributed by atoms with Crippen molar-refractivity contribution in [3.8, 4) is 5.69 Å². The number of alkyl halides is 3. The van der Waals surface area contributed by atoms with E-state index in [4.69, 9.17) is 11.6 Å². The van der Waals surface area contributed by atoms with Crippen LogP contribution in [-0.2, 0) is 16.4 Å². The molecule has 0 unspecified atom stereocenters. The SMILES string of the molecule is O=C(Nc1cccc(S(=O)(=O)F)c1)c1cnn(-c2ccc(Cl)cc2)c1C(F)(F)F. The number of nitrogens with zero attached hydrogens (tertiary/aromatic N) is 2. The van der Waals surface area contributed by atoms with Gasteiger partial charge in [0.15, 0.2) is 5.69 Å². The van der Waals surface area contributed by atoms with E-state index in [1.807, 2.05) is 0 Å². The van der Waals surface area contributed by atoms with Gasteiger partial charge in [-0.3, -0.25) is 4.79 Å². The molecule has 12 heteroatoms. The lowest BCUT2D eigenvalue weighted by Crippen LogP contribution is -2.20. The van der Waals surface area contributed by atoms with Crippen LogP contribution in [0, 0.1) is 0 Å². The zero-order valence-electron chi connectivity index (χ0n) is 14.1. The van der Waals surface area contributed by atoms with Gasteiger partial charge in [0.1, 0.15) is 4.90 Å². The Morgan fingerprint density at radius 3 is 2.34 bits per heavy atom. The molecular weight excluding hydrogens is 438 g/mol. The second-order valence-corrected chi connectivity index (χ2v) is 7.50. The molecule has 3 rings (SSSR count). The number of hydrogen-bond acceptors (Lipinski definition) is 4. The van der Waals surface area contributed by atoms with Crippen molar-refractivity contribution in [3.05, 3.63) is 71.0 Å². The van der Waals surface area contributed by atoms with Crippen LogP contribution in [0.15, 0.2) is 59.6 Å². The van der Waals surface area contributed by atoms with Gasteiger partial charge in [0.05, 0.1) is 17.4 Å². The summed E-state index contributed by atoms with van der Waals surface area (Å²) in [5, 5.41) is 6.05. The molecule has 29 heavy (non-hydrogen) atoms. The average Bonchev–Trinajstić information content (AvgIpc) is 3.07. The van der Waals surface area contributed by atoms with Crippen LogP contribution in [0.5, 0.6) is 0 Å². The van der Waals surface area contributed by atoms with Crippen molar-refractivity contribution in [2.24, 2.45) is 0 Å². The molecular formula is C17H10ClF4N3O3S. The smallest absolute Gasteiger partial charge is 0.322 e. The summed E-state index contributed by atoms with van der Waals surface area (Å²) in [6.45, 7) is 0. The number of rotatable bonds is 4. The molecule has 0 aliphatic rings. The Morgan fingerprint density at radius 1 is 1.10 bits per heavy atom. The van der Waals surface area contributed by atoms with Crippen LogP contribution in [0.4, 0.5) is 22.7 Å². The van der Waals surface area contributed by atoms with Crippen molar-refractivity contribution < 1.29 is 30.3 Å². The van der Waals surface area contributed by atoms with E-state index in [2.05, 4.69) is 10.4 Å². The number of anilines is 1. The molecule has 0 bridgehead atoms. The second-order valence-electron chi connectivity index (χ2n) is 5.71. The Morgan fingerprint density at radius 2 is 1.76 bits per heavy atom. The van der Waals surface area contributed by atoms with Crippen LogP contribution in [0.2, 0.25) is 5.02 Å². The van der Waals surface area contributed by atoms with Crippen LogP contribution in [-0.4, -0.2) is 24.1 Å². The molecule has 1 heterocycles. The quantitative estimate of drug-likeness (QED) is 0.473. The average molecular weight is 448 g/mol. The first-order chi connectivity index (χ1) is 13.5. The monoisotopic (exact) mass is 447 g/mol. The van der Waals surface area contributed by atoms with Gasteiger partial charge in [-0.15, -0.1) is 3.89 Å². The fourth-order valence-corrected chi connectivity index (χ4v) is 3.12. The Bertz CT molecular complexity index is 1180. The predicted octanol–water partition coefficient (Wildman–Crippen LogP) is 4.46. The minimum absolute atomic E-state index is 0.0197.